The number of aryl methyl sites for hydroxylation is 1. The third-order valence-corrected chi connectivity index (χ3v) is 4.91. The quantitative estimate of drug-likeness (QED) is 0.852. The topological polar surface area (TPSA) is 87.5 Å². The molecule has 1 aliphatic heterocycles. The van der Waals surface area contributed by atoms with Crippen LogP contribution in [0.4, 0.5) is 5.69 Å². The third-order valence-electron chi connectivity index (χ3n) is 4.91. The van der Waals surface area contributed by atoms with Gasteiger partial charge in [-0.05, 0) is 30.5 Å². The molecule has 2 heterocycles. The molecule has 0 radical (unpaired) electrons. The predicted molar refractivity (Wildman–Crippen MR) is 91.1 cm³/mol. The summed E-state index contributed by atoms with van der Waals surface area (Å²) in [4.78, 5) is 26.1. The number of nitrogens with one attached hydrogen (secondary N) is 1. The van der Waals surface area contributed by atoms with Gasteiger partial charge in [0.25, 0.3) is 0 Å². The van der Waals surface area contributed by atoms with Gasteiger partial charge in [0.2, 0.25) is 11.8 Å². The van der Waals surface area contributed by atoms with Gasteiger partial charge in [-0.15, -0.1) is 0 Å². The lowest BCUT2D eigenvalue weighted by atomic mass is 9.83. The number of carbonyl (C=O) groups excluding carboxylic acids is 2. The number of rotatable bonds is 4. The van der Waals surface area contributed by atoms with E-state index >= 15 is 0 Å². The molecular formula is C18H20N4O3. The van der Waals surface area contributed by atoms with Gasteiger partial charge in [0, 0.05) is 11.9 Å². The van der Waals surface area contributed by atoms with Gasteiger partial charge < -0.3 is 15.3 Å². The van der Waals surface area contributed by atoms with Gasteiger partial charge in [-0.1, -0.05) is 18.2 Å². The van der Waals surface area contributed by atoms with E-state index in [2.05, 4.69) is 10.4 Å². The SMILES string of the molecule is Cc1cnn([C@@H]2[C@@H](O)C[C@H]2NC(=O)CN2C(=O)Cc3ccccc32)c1. The van der Waals surface area contributed by atoms with Gasteiger partial charge in [0.1, 0.15) is 6.54 Å². The first-order chi connectivity index (χ1) is 12.0. The summed E-state index contributed by atoms with van der Waals surface area (Å²) < 4.78 is 1.70. The van der Waals surface area contributed by atoms with E-state index in [1.807, 2.05) is 37.4 Å². The molecule has 0 bridgehead atoms. The van der Waals surface area contributed by atoms with Gasteiger partial charge in [0.05, 0.1) is 30.8 Å². The van der Waals surface area contributed by atoms with Gasteiger partial charge >= 0.3 is 0 Å². The van der Waals surface area contributed by atoms with E-state index in [0.717, 1.165) is 16.8 Å². The second-order valence-corrected chi connectivity index (χ2v) is 6.75. The maximum Gasteiger partial charge on any atom is 0.240 e. The Morgan fingerprint density at radius 3 is 2.92 bits per heavy atom. The van der Waals surface area contributed by atoms with Crippen molar-refractivity contribution < 1.29 is 14.7 Å². The van der Waals surface area contributed by atoms with Crippen LogP contribution in [-0.2, 0) is 16.0 Å². The van der Waals surface area contributed by atoms with Crippen LogP contribution in [0.5, 0.6) is 0 Å². The van der Waals surface area contributed by atoms with E-state index in [1.54, 1.807) is 10.9 Å². The maximum absolute atomic E-state index is 12.4. The Morgan fingerprint density at radius 1 is 1.40 bits per heavy atom. The number of para-hydroxylation sites is 1. The van der Waals surface area contributed by atoms with Crippen molar-refractivity contribution in [3.05, 3.63) is 47.8 Å². The fraction of sp³-hybridized carbons (Fsp3) is 0.389. The molecule has 0 saturated heterocycles. The average molecular weight is 340 g/mol. The number of hydrogen-bond acceptors (Lipinski definition) is 4. The molecule has 2 amide bonds. The molecular weight excluding hydrogens is 320 g/mol. The van der Waals surface area contributed by atoms with Gasteiger partial charge in [-0.3, -0.25) is 14.3 Å². The smallest absolute Gasteiger partial charge is 0.240 e. The summed E-state index contributed by atoms with van der Waals surface area (Å²) in [6, 6.07) is 7.07. The van der Waals surface area contributed by atoms with Crippen LogP contribution in [0.1, 0.15) is 23.6 Å². The summed E-state index contributed by atoms with van der Waals surface area (Å²) in [5.41, 5.74) is 2.75. The number of nitrogens with zero attached hydrogens (tertiary/aromatic N) is 3. The second kappa shape index (κ2) is 6.00. The van der Waals surface area contributed by atoms with Crippen molar-refractivity contribution in [2.75, 3.05) is 11.4 Å². The van der Waals surface area contributed by atoms with E-state index in [-0.39, 0.29) is 30.4 Å². The van der Waals surface area contributed by atoms with E-state index in [1.165, 1.54) is 4.90 Å². The molecule has 1 aromatic heterocycles. The monoisotopic (exact) mass is 340 g/mol. The van der Waals surface area contributed by atoms with Gasteiger partial charge in [-0.25, -0.2) is 0 Å². The first-order valence-corrected chi connectivity index (χ1v) is 8.39. The van der Waals surface area contributed by atoms with E-state index in [4.69, 9.17) is 0 Å². The minimum absolute atomic E-state index is 0.00665. The molecule has 2 aliphatic rings. The second-order valence-electron chi connectivity index (χ2n) is 6.75. The summed E-state index contributed by atoms with van der Waals surface area (Å²) in [6.45, 7) is 1.92. The first kappa shape index (κ1) is 15.8. The lowest BCUT2D eigenvalue weighted by Crippen LogP contribution is -2.57. The molecule has 2 N–H and O–H groups in total. The molecule has 7 nitrogen and oxygen atoms in total. The van der Waals surface area contributed by atoms with Crippen molar-refractivity contribution in [2.45, 2.75) is 38.0 Å². The van der Waals surface area contributed by atoms with Crippen LogP contribution in [0.15, 0.2) is 36.7 Å². The number of carbonyl (C=O) groups is 2. The molecule has 130 valence electrons. The van der Waals surface area contributed by atoms with Crippen molar-refractivity contribution in [1.29, 1.82) is 0 Å². The minimum Gasteiger partial charge on any atom is -0.391 e. The number of benzene rings is 1. The molecule has 3 atom stereocenters. The molecule has 25 heavy (non-hydrogen) atoms. The maximum atomic E-state index is 12.4. The fourth-order valence-electron chi connectivity index (χ4n) is 3.60. The number of aromatic nitrogens is 2. The highest BCUT2D eigenvalue weighted by Crippen LogP contribution is 2.33. The highest BCUT2D eigenvalue weighted by molar-refractivity contribution is 6.05. The van der Waals surface area contributed by atoms with Gasteiger partial charge in [0.15, 0.2) is 0 Å². The van der Waals surface area contributed by atoms with Crippen LogP contribution in [0.25, 0.3) is 0 Å². The van der Waals surface area contributed by atoms with Crippen molar-refractivity contribution in [1.82, 2.24) is 15.1 Å². The Hall–Kier alpha value is -2.67. The molecule has 0 unspecified atom stereocenters. The van der Waals surface area contributed by atoms with Crippen molar-refractivity contribution >= 4 is 17.5 Å². The summed E-state index contributed by atoms with van der Waals surface area (Å²) in [5.74, 6) is -0.292. The average Bonchev–Trinajstić information content (AvgIpc) is 3.11. The Labute approximate surface area is 145 Å². The largest absolute Gasteiger partial charge is 0.391 e. The normalized spacial score (nSPS) is 24.8. The van der Waals surface area contributed by atoms with Crippen LogP contribution in [0.2, 0.25) is 0 Å². The highest BCUT2D eigenvalue weighted by Gasteiger charge is 2.43. The Kier molecular flexibility index (Phi) is 3.80. The number of aliphatic hydroxyl groups is 1. The van der Waals surface area contributed by atoms with Gasteiger partial charge in [-0.2, -0.15) is 5.10 Å². The zero-order valence-electron chi connectivity index (χ0n) is 13.9. The standard InChI is InChI=1S/C18H20N4O3/c1-11-8-19-22(9-11)18-13(7-15(18)23)20-16(24)10-21-14-5-3-2-4-12(14)6-17(21)25/h2-5,8-9,13,15,18,23H,6-7,10H2,1H3,(H,20,24)/t13-,15+,18+/m1/s1. The lowest BCUT2D eigenvalue weighted by molar-refractivity contribution is -0.125. The number of anilines is 1. The highest BCUT2D eigenvalue weighted by atomic mass is 16.3. The summed E-state index contributed by atoms with van der Waals surface area (Å²) in [7, 11) is 0. The number of fused-ring (bicyclic) bond motifs is 1. The zero-order valence-corrected chi connectivity index (χ0v) is 13.9. The molecule has 1 aliphatic carbocycles. The van der Waals surface area contributed by atoms with Crippen LogP contribution in [0.3, 0.4) is 0 Å². The lowest BCUT2D eigenvalue weighted by Gasteiger charge is -2.42. The molecule has 1 fully saturated rings. The van der Waals surface area contributed by atoms with Crippen LogP contribution in [0, 0.1) is 6.92 Å². The molecule has 1 saturated carbocycles. The minimum atomic E-state index is -0.529. The van der Waals surface area contributed by atoms with Crippen molar-refractivity contribution in [3.63, 3.8) is 0 Å². The summed E-state index contributed by atoms with van der Waals surface area (Å²) in [5, 5.41) is 17.2. The first-order valence-electron chi connectivity index (χ1n) is 8.39. The fourth-order valence-corrected chi connectivity index (χ4v) is 3.60. The molecule has 1 aromatic carbocycles. The Bertz CT molecular complexity index is 831. The molecule has 0 spiro atoms. The number of aliphatic hydroxyl groups excluding tert-OH is 1. The Morgan fingerprint density at radius 2 is 2.20 bits per heavy atom. The molecule has 2 aromatic rings. The summed E-state index contributed by atoms with van der Waals surface area (Å²) in [6.07, 6.45) is 3.87. The van der Waals surface area contributed by atoms with Crippen LogP contribution < -0.4 is 10.2 Å². The number of hydrogen-bond donors (Lipinski definition) is 2. The zero-order chi connectivity index (χ0) is 17.6. The van der Waals surface area contributed by atoms with Crippen LogP contribution >= 0.6 is 0 Å². The Balaban J connectivity index is 1.42. The van der Waals surface area contributed by atoms with E-state index < -0.39 is 6.10 Å². The molecule has 7 heteroatoms. The predicted octanol–water partition coefficient (Wildman–Crippen LogP) is 0.571. The summed E-state index contributed by atoms with van der Waals surface area (Å²) >= 11 is 0. The molecule has 4 rings (SSSR count). The van der Waals surface area contributed by atoms with Crippen LogP contribution in [-0.4, -0.2) is 45.4 Å². The third kappa shape index (κ3) is 2.80. The van der Waals surface area contributed by atoms with E-state index in [0.29, 0.717) is 12.8 Å². The van der Waals surface area contributed by atoms with Crippen molar-refractivity contribution in [3.8, 4) is 0 Å². The number of amides is 2. The van der Waals surface area contributed by atoms with E-state index in [9.17, 15) is 14.7 Å². The van der Waals surface area contributed by atoms with Crippen molar-refractivity contribution in [2.24, 2.45) is 0 Å².